The largest absolute Gasteiger partial charge is 0.497 e. The SMILES string of the molecule is COc1ccc(Cl)c(NS(=O)(=O)c2cncc(Br)c2)c1. The Morgan fingerprint density at radius 1 is 1.30 bits per heavy atom. The fraction of sp³-hybridized carbons (Fsp3) is 0.0833. The van der Waals surface area contributed by atoms with Crippen LogP contribution in [0.25, 0.3) is 0 Å². The van der Waals surface area contributed by atoms with Crippen molar-refractivity contribution in [2.24, 2.45) is 0 Å². The molecule has 0 amide bonds. The average molecular weight is 378 g/mol. The highest BCUT2D eigenvalue weighted by Gasteiger charge is 2.17. The monoisotopic (exact) mass is 376 g/mol. The summed E-state index contributed by atoms with van der Waals surface area (Å²) in [5.41, 5.74) is 0.242. The van der Waals surface area contributed by atoms with E-state index in [0.29, 0.717) is 10.2 Å². The molecule has 5 nitrogen and oxygen atoms in total. The molecule has 1 aromatic carbocycles. The van der Waals surface area contributed by atoms with Gasteiger partial charge in [0.15, 0.2) is 0 Å². The van der Waals surface area contributed by atoms with Gasteiger partial charge in [-0.1, -0.05) is 11.6 Å². The summed E-state index contributed by atoms with van der Waals surface area (Å²) in [6, 6.07) is 6.15. The number of pyridine rings is 1. The highest BCUT2D eigenvalue weighted by Crippen LogP contribution is 2.29. The van der Waals surface area contributed by atoms with Crippen LogP contribution in [0.5, 0.6) is 5.75 Å². The summed E-state index contributed by atoms with van der Waals surface area (Å²) in [5.74, 6) is 0.500. The molecule has 2 aromatic rings. The molecule has 0 saturated heterocycles. The van der Waals surface area contributed by atoms with Gasteiger partial charge in [-0.05, 0) is 34.1 Å². The first-order chi connectivity index (χ1) is 9.42. The summed E-state index contributed by atoms with van der Waals surface area (Å²) in [4.78, 5) is 3.86. The summed E-state index contributed by atoms with van der Waals surface area (Å²) >= 11 is 9.15. The minimum Gasteiger partial charge on any atom is -0.497 e. The molecule has 1 aromatic heterocycles. The molecule has 0 spiro atoms. The second-order valence-electron chi connectivity index (χ2n) is 3.79. The van der Waals surface area contributed by atoms with Crippen LogP contribution in [0.2, 0.25) is 5.02 Å². The molecule has 20 heavy (non-hydrogen) atoms. The summed E-state index contributed by atoms with van der Waals surface area (Å²) in [6.07, 6.45) is 2.75. The number of sulfonamides is 1. The molecular formula is C12H10BrClN2O3S. The van der Waals surface area contributed by atoms with Gasteiger partial charge in [0.05, 0.1) is 17.8 Å². The normalized spacial score (nSPS) is 11.2. The number of nitrogens with zero attached hydrogens (tertiary/aromatic N) is 1. The zero-order valence-electron chi connectivity index (χ0n) is 10.3. The van der Waals surface area contributed by atoms with Crippen molar-refractivity contribution in [2.75, 3.05) is 11.8 Å². The Morgan fingerprint density at radius 3 is 2.70 bits per heavy atom. The van der Waals surface area contributed by atoms with Gasteiger partial charge in [0.25, 0.3) is 10.0 Å². The fourth-order valence-electron chi connectivity index (χ4n) is 1.45. The molecule has 1 N–H and O–H groups in total. The lowest BCUT2D eigenvalue weighted by Gasteiger charge is -2.11. The summed E-state index contributed by atoms with van der Waals surface area (Å²) in [6.45, 7) is 0. The number of methoxy groups -OCH3 is 1. The smallest absolute Gasteiger partial charge is 0.263 e. The van der Waals surface area contributed by atoms with Crippen LogP contribution < -0.4 is 9.46 Å². The van der Waals surface area contributed by atoms with E-state index in [1.165, 1.54) is 31.6 Å². The standard InChI is InChI=1S/C12H10BrClN2O3S/c1-19-9-2-3-11(14)12(5-9)16-20(17,18)10-4-8(13)6-15-7-10/h2-7,16H,1H3. The second-order valence-corrected chi connectivity index (χ2v) is 6.80. The van der Waals surface area contributed by atoms with Gasteiger partial charge < -0.3 is 4.74 Å². The lowest BCUT2D eigenvalue weighted by atomic mass is 10.3. The van der Waals surface area contributed by atoms with Crippen molar-refractivity contribution < 1.29 is 13.2 Å². The molecule has 0 unspecified atom stereocenters. The lowest BCUT2D eigenvalue weighted by Crippen LogP contribution is -2.13. The van der Waals surface area contributed by atoms with E-state index in [9.17, 15) is 8.42 Å². The topological polar surface area (TPSA) is 68.3 Å². The third kappa shape index (κ3) is 3.41. The summed E-state index contributed by atoms with van der Waals surface area (Å²) in [7, 11) is -2.28. The molecular weight excluding hydrogens is 368 g/mol. The predicted molar refractivity (Wildman–Crippen MR) is 80.7 cm³/mol. The molecule has 106 valence electrons. The maximum atomic E-state index is 12.2. The van der Waals surface area contributed by atoms with Crippen molar-refractivity contribution in [2.45, 2.75) is 4.90 Å². The van der Waals surface area contributed by atoms with Crippen LogP contribution in [0.1, 0.15) is 0 Å². The molecule has 0 aliphatic carbocycles. The van der Waals surface area contributed by atoms with Crippen LogP contribution >= 0.6 is 27.5 Å². The van der Waals surface area contributed by atoms with Crippen molar-refractivity contribution >= 4 is 43.2 Å². The van der Waals surface area contributed by atoms with E-state index in [-0.39, 0.29) is 15.6 Å². The maximum Gasteiger partial charge on any atom is 0.263 e. The van der Waals surface area contributed by atoms with Crippen LogP contribution in [-0.4, -0.2) is 20.5 Å². The van der Waals surface area contributed by atoms with Gasteiger partial charge in [0.1, 0.15) is 10.6 Å². The number of hydrogen-bond donors (Lipinski definition) is 1. The third-order valence-electron chi connectivity index (χ3n) is 2.41. The number of hydrogen-bond acceptors (Lipinski definition) is 4. The summed E-state index contributed by atoms with van der Waals surface area (Å²) in [5, 5.41) is 0.275. The first-order valence-electron chi connectivity index (χ1n) is 5.39. The van der Waals surface area contributed by atoms with Gasteiger partial charge in [-0.3, -0.25) is 9.71 Å². The molecule has 0 aliphatic rings. The molecule has 2 rings (SSSR count). The van der Waals surface area contributed by atoms with Crippen LogP contribution in [0, 0.1) is 0 Å². The number of nitrogens with one attached hydrogen (secondary N) is 1. The Labute approximate surface area is 130 Å². The molecule has 0 bridgehead atoms. The van der Waals surface area contributed by atoms with Crippen molar-refractivity contribution in [1.29, 1.82) is 0 Å². The van der Waals surface area contributed by atoms with Crippen LogP contribution in [0.4, 0.5) is 5.69 Å². The van der Waals surface area contributed by atoms with E-state index in [1.807, 2.05) is 0 Å². The minimum absolute atomic E-state index is 0.0331. The summed E-state index contributed by atoms with van der Waals surface area (Å²) < 4.78 is 32.5. The highest BCUT2D eigenvalue weighted by atomic mass is 79.9. The predicted octanol–water partition coefficient (Wildman–Crippen LogP) is 3.31. The Morgan fingerprint density at radius 2 is 2.05 bits per heavy atom. The van der Waals surface area contributed by atoms with E-state index < -0.39 is 10.0 Å². The van der Waals surface area contributed by atoms with E-state index in [0.717, 1.165) is 0 Å². The average Bonchev–Trinajstić information content (AvgIpc) is 2.41. The molecule has 0 fully saturated rings. The first kappa shape index (κ1) is 15.1. The number of ether oxygens (including phenoxy) is 1. The number of anilines is 1. The van der Waals surface area contributed by atoms with Gasteiger partial charge >= 0.3 is 0 Å². The Kier molecular flexibility index (Phi) is 4.52. The lowest BCUT2D eigenvalue weighted by molar-refractivity contribution is 0.415. The number of benzene rings is 1. The zero-order valence-corrected chi connectivity index (χ0v) is 13.5. The number of aromatic nitrogens is 1. The Hall–Kier alpha value is -1.31. The molecule has 0 radical (unpaired) electrons. The first-order valence-corrected chi connectivity index (χ1v) is 8.05. The Bertz CT molecular complexity index is 737. The van der Waals surface area contributed by atoms with Gasteiger partial charge in [0.2, 0.25) is 0 Å². The second kappa shape index (κ2) is 5.99. The molecule has 0 aliphatic heterocycles. The van der Waals surface area contributed by atoms with E-state index >= 15 is 0 Å². The van der Waals surface area contributed by atoms with E-state index in [2.05, 4.69) is 25.6 Å². The van der Waals surface area contributed by atoms with Crippen molar-refractivity contribution in [3.05, 3.63) is 46.2 Å². The third-order valence-corrected chi connectivity index (χ3v) is 4.50. The molecule has 0 atom stereocenters. The van der Waals surface area contributed by atoms with Crippen molar-refractivity contribution in [3.8, 4) is 5.75 Å². The minimum atomic E-state index is -3.77. The van der Waals surface area contributed by atoms with E-state index in [1.54, 1.807) is 12.1 Å². The van der Waals surface area contributed by atoms with Gasteiger partial charge in [0, 0.05) is 22.9 Å². The zero-order chi connectivity index (χ0) is 14.8. The van der Waals surface area contributed by atoms with Gasteiger partial charge in [-0.15, -0.1) is 0 Å². The van der Waals surface area contributed by atoms with Crippen LogP contribution in [-0.2, 0) is 10.0 Å². The fourth-order valence-corrected chi connectivity index (χ4v) is 3.25. The molecule has 1 heterocycles. The number of rotatable bonds is 4. The molecule has 8 heteroatoms. The van der Waals surface area contributed by atoms with Crippen molar-refractivity contribution in [1.82, 2.24) is 4.98 Å². The quantitative estimate of drug-likeness (QED) is 0.887. The van der Waals surface area contributed by atoms with Gasteiger partial charge in [-0.2, -0.15) is 0 Å². The van der Waals surface area contributed by atoms with Crippen LogP contribution in [0.15, 0.2) is 46.0 Å². The highest BCUT2D eigenvalue weighted by molar-refractivity contribution is 9.10. The van der Waals surface area contributed by atoms with Crippen molar-refractivity contribution in [3.63, 3.8) is 0 Å². The number of halogens is 2. The molecule has 0 saturated carbocycles. The van der Waals surface area contributed by atoms with Gasteiger partial charge in [-0.25, -0.2) is 8.42 Å². The maximum absolute atomic E-state index is 12.2. The Balaban J connectivity index is 2.38. The van der Waals surface area contributed by atoms with Crippen LogP contribution in [0.3, 0.4) is 0 Å². The van der Waals surface area contributed by atoms with E-state index in [4.69, 9.17) is 16.3 Å².